The van der Waals surface area contributed by atoms with Crippen molar-refractivity contribution in [1.82, 2.24) is 4.90 Å². The maximum Gasteiger partial charge on any atom is 0.313 e. The van der Waals surface area contributed by atoms with Crippen LogP contribution in [0.3, 0.4) is 0 Å². The zero-order valence-corrected chi connectivity index (χ0v) is 11.0. The Morgan fingerprint density at radius 3 is 2.65 bits per heavy atom. The number of amides is 2. The predicted molar refractivity (Wildman–Crippen MR) is 71.4 cm³/mol. The molecule has 1 saturated heterocycles. The Bertz CT molecular complexity index is 499. The smallest absolute Gasteiger partial charge is 0.313 e. The molecule has 6 heteroatoms. The number of aliphatic hydroxyl groups excluding tert-OH is 1. The fourth-order valence-electron chi connectivity index (χ4n) is 2.21. The first kappa shape index (κ1) is 14.5. The Hall–Kier alpha value is -1.95. The number of benzene rings is 1. The van der Waals surface area contributed by atoms with Crippen molar-refractivity contribution >= 4 is 17.5 Å². The largest absolute Gasteiger partial charge is 0.396 e. The second-order valence-corrected chi connectivity index (χ2v) is 4.88. The zero-order valence-electron chi connectivity index (χ0n) is 11.0. The summed E-state index contributed by atoms with van der Waals surface area (Å²) in [7, 11) is 0. The number of anilines is 1. The molecular weight excluding hydrogens is 263 g/mol. The summed E-state index contributed by atoms with van der Waals surface area (Å²) < 4.78 is 13.0. The number of likely N-dealkylation sites (tertiary alicyclic amines) is 1. The maximum absolute atomic E-state index is 13.0. The highest BCUT2D eigenvalue weighted by Crippen LogP contribution is 2.17. The van der Waals surface area contributed by atoms with Gasteiger partial charge in [-0.2, -0.15) is 0 Å². The molecule has 108 valence electrons. The van der Waals surface area contributed by atoms with E-state index in [1.807, 2.05) is 0 Å². The predicted octanol–water partition coefficient (Wildman–Crippen LogP) is 0.995. The van der Waals surface area contributed by atoms with Gasteiger partial charge in [0.1, 0.15) is 5.82 Å². The maximum atomic E-state index is 13.0. The minimum atomic E-state index is -0.766. The Kier molecular flexibility index (Phi) is 4.68. The summed E-state index contributed by atoms with van der Waals surface area (Å²) in [5, 5.41) is 11.4. The van der Waals surface area contributed by atoms with Gasteiger partial charge in [-0.15, -0.1) is 0 Å². The van der Waals surface area contributed by atoms with E-state index in [1.54, 1.807) is 0 Å². The van der Waals surface area contributed by atoms with Crippen molar-refractivity contribution in [2.45, 2.75) is 12.8 Å². The standard InChI is InChI=1S/C14H17FN2O3/c15-11-2-1-3-12(8-11)16-13(19)14(20)17-6-4-10(9-18)5-7-17/h1-3,8,10,18H,4-7,9H2,(H,16,19). The van der Waals surface area contributed by atoms with Gasteiger partial charge in [0.2, 0.25) is 0 Å². The van der Waals surface area contributed by atoms with Gasteiger partial charge in [0.05, 0.1) is 0 Å². The molecule has 0 atom stereocenters. The van der Waals surface area contributed by atoms with Gasteiger partial charge in [0, 0.05) is 25.4 Å². The lowest BCUT2D eigenvalue weighted by Gasteiger charge is -2.30. The van der Waals surface area contributed by atoms with E-state index in [2.05, 4.69) is 5.32 Å². The Morgan fingerprint density at radius 2 is 2.05 bits per heavy atom. The highest BCUT2D eigenvalue weighted by atomic mass is 19.1. The number of carbonyl (C=O) groups excluding carboxylic acids is 2. The van der Waals surface area contributed by atoms with E-state index in [0.717, 1.165) is 6.07 Å². The van der Waals surface area contributed by atoms with E-state index in [4.69, 9.17) is 5.11 Å². The topological polar surface area (TPSA) is 69.6 Å². The van der Waals surface area contributed by atoms with E-state index in [9.17, 15) is 14.0 Å². The summed E-state index contributed by atoms with van der Waals surface area (Å²) in [6.45, 7) is 1.03. The van der Waals surface area contributed by atoms with Gasteiger partial charge >= 0.3 is 11.8 Å². The molecule has 0 aliphatic carbocycles. The van der Waals surface area contributed by atoms with Crippen LogP contribution in [0.25, 0.3) is 0 Å². The molecule has 1 fully saturated rings. The number of hydrogen-bond acceptors (Lipinski definition) is 3. The van der Waals surface area contributed by atoms with Crippen LogP contribution < -0.4 is 5.32 Å². The molecule has 2 rings (SSSR count). The molecule has 1 aliphatic rings. The fourth-order valence-corrected chi connectivity index (χ4v) is 2.21. The number of piperidine rings is 1. The van der Waals surface area contributed by atoms with Crippen LogP contribution in [-0.2, 0) is 9.59 Å². The highest BCUT2D eigenvalue weighted by molar-refractivity contribution is 6.39. The SMILES string of the molecule is O=C(Nc1cccc(F)c1)C(=O)N1CCC(CO)CC1. The first-order valence-electron chi connectivity index (χ1n) is 6.57. The lowest BCUT2D eigenvalue weighted by molar-refractivity contribution is -0.144. The first-order chi connectivity index (χ1) is 9.60. The number of halogens is 1. The summed E-state index contributed by atoms with van der Waals surface area (Å²) in [4.78, 5) is 25.2. The lowest BCUT2D eigenvalue weighted by Crippen LogP contribution is -2.44. The van der Waals surface area contributed by atoms with Crippen LogP contribution >= 0.6 is 0 Å². The molecule has 5 nitrogen and oxygen atoms in total. The quantitative estimate of drug-likeness (QED) is 0.794. The van der Waals surface area contributed by atoms with Crippen LogP contribution in [0.5, 0.6) is 0 Å². The summed E-state index contributed by atoms with van der Waals surface area (Å²) in [5.74, 6) is -1.66. The van der Waals surface area contributed by atoms with Crippen LogP contribution in [0.1, 0.15) is 12.8 Å². The Morgan fingerprint density at radius 1 is 1.35 bits per heavy atom. The summed E-state index contributed by atoms with van der Waals surface area (Å²) in [6.07, 6.45) is 1.38. The Balaban J connectivity index is 1.91. The van der Waals surface area contributed by atoms with Crippen molar-refractivity contribution in [3.8, 4) is 0 Å². The van der Waals surface area contributed by atoms with Gasteiger partial charge in [-0.1, -0.05) is 6.07 Å². The minimum Gasteiger partial charge on any atom is -0.396 e. The van der Waals surface area contributed by atoms with Gasteiger partial charge in [-0.25, -0.2) is 4.39 Å². The number of nitrogens with one attached hydrogen (secondary N) is 1. The van der Waals surface area contributed by atoms with Crippen molar-refractivity contribution in [2.75, 3.05) is 25.0 Å². The average molecular weight is 280 g/mol. The van der Waals surface area contributed by atoms with Gasteiger partial charge < -0.3 is 15.3 Å². The van der Waals surface area contributed by atoms with E-state index >= 15 is 0 Å². The third kappa shape index (κ3) is 3.54. The van der Waals surface area contributed by atoms with Crippen molar-refractivity contribution in [2.24, 2.45) is 5.92 Å². The molecule has 0 aromatic heterocycles. The van der Waals surface area contributed by atoms with E-state index < -0.39 is 17.6 Å². The second-order valence-electron chi connectivity index (χ2n) is 4.88. The minimum absolute atomic E-state index is 0.109. The molecular formula is C14H17FN2O3. The molecule has 0 radical (unpaired) electrons. The third-order valence-electron chi connectivity index (χ3n) is 3.44. The lowest BCUT2D eigenvalue weighted by atomic mass is 9.98. The van der Waals surface area contributed by atoms with Crippen molar-refractivity contribution < 1.29 is 19.1 Å². The van der Waals surface area contributed by atoms with Crippen LogP contribution in [0, 0.1) is 11.7 Å². The van der Waals surface area contributed by atoms with Crippen LogP contribution in [-0.4, -0.2) is 41.5 Å². The van der Waals surface area contributed by atoms with Gasteiger partial charge in [-0.05, 0) is 37.0 Å². The monoisotopic (exact) mass is 280 g/mol. The van der Waals surface area contributed by atoms with Crippen molar-refractivity contribution in [1.29, 1.82) is 0 Å². The average Bonchev–Trinajstić information content (AvgIpc) is 2.46. The molecule has 1 aliphatic heterocycles. The highest BCUT2D eigenvalue weighted by Gasteiger charge is 2.26. The molecule has 0 saturated carbocycles. The molecule has 0 unspecified atom stereocenters. The van der Waals surface area contributed by atoms with Gasteiger partial charge in [0.25, 0.3) is 0 Å². The molecule has 2 amide bonds. The summed E-state index contributed by atoms with van der Waals surface area (Å²) in [6, 6.07) is 5.40. The normalized spacial score (nSPS) is 16.0. The number of carbonyl (C=O) groups is 2. The van der Waals surface area contributed by atoms with E-state index in [0.29, 0.717) is 25.9 Å². The fraction of sp³-hybridized carbons (Fsp3) is 0.429. The zero-order chi connectivity index (χ0) is 14.5. The molecule has 1 aromatic carbocycles. The Labute approximate surface area is 116 Å². The van der Waals surface area contributed by atoms with Gasteiger partial charge in [0.15, 0.2) is 0 Å². The molecule has 1 aromatic rings. The summed E-state index contributed by atoms with van der Waals surface area (Å²) in [5.41, 5.74) is 0.258. The van der Waals surface area contributed by atoms with Crippen molar-refractivity contribution in [3.05, 3.63) is 30.1 Å². The second kappa shape index (κ2) is 6.47. The number of nitrogens with zero attached hydrogens (tertiary/aromatic N) is 1. The first-order valence-corrected chi connectivity index (χ1v) is 6.57. The number of hydrogen-bond donors (Lipinski definition) is 2. The summed E-state index contributed by atoms with van der Waals surface area (Å²) >= 11 is 0. The van der Waals surface area contributed by atoms with Crippen LogP contribution in [0.2, 0.25) is 0 Å². The molecule has 20 heavy (non-hydrogen) atoms. The number of aliphatic hydroxyl groups is 1. The van der Waals surface area contributed by atoms with Crippen LogP contribution in [0.4, 0.5) is 10.1 Å². The third-order valence-corrected chi connectivity index (χ3v) is 3.44. The number of rotatable bonds is 2. The molecule has 0 spiro atoms. The molecule has 1 heterocycles. The molecule has 0 bridgehead atoms. The molecule has 2 N–H and O–H groups in total. The van der Waals surface area contributed by atoms with Crippen LogP contribution in [0.15, 0.2) is 24.3 Å². The van der Waals surface area contributed by atoms with Gasteiger partial charge in [-0.3, -0.25) is 9.59 Å². The van der Waals surface area contributed by atoms with E-state index in [-0.39, 0.29) is 18.2 Å². The van der Waals surface area contributed by atoms with Crippen molar-refractivity contribution in [3.63, 3.8) is 0 Å². The van der Waals surface area contributed by atoms with E-state index in [1.165, 1.54) is 23.1 Å².